The van der Waals surface area contributed by atoms with Gasteiger partial charge in [0, 0.05) is 6.20 Å². The smallest absolute Gasteiger partial charge is 0.266 e. The molecule has 0 saturated heterocycles. The number of carbonyl (C=O) groups excluding carboxylic acids is 1. The first-order valence-electron chi connectivity index (χ1n) is 7.69. The number of amides is 1. The Labute approximate surface area is 140 Å². The van der Waals surface area contributed by atoms with Crippen LogP contribution in [0.5, 0.6) is 0 Å². The maximum Gasteiger partial charge on any atom is 0.266 e. The monoisotopic (exact) mass is 318 g/mol. The van der Waals surface area contributed by atoms with Crippen molar-refractivity contribution in [3.8, 4) is 0 Å². The number of nitrogens with zero attached hydrogens (tertiary/aromatic N) is 1. The van der Waals surface area contributed by atoms with Gasteiger partial charge >= 0.3 is 0 Å². The molecule has 2 aromatic carbocycles. The van der Waals surface area contributed by atoms with E-state index in [9.17, 15) is 9.90 Å². The molecule has 0 saturated carbocycles. The van der Waals surface area contributed by atoms with Crippen LogP contribution in [0, 0.1) is 6.92 Å². The molecule has 1 heterocycles. The van der Waals surface area contributed by atoms with Crippen LogP contribution in [0.4, 0.5) is 5.82 Å². The van der Waals surface area contributed by atoms with Crippen LogP contribution in [0.3, 0.4) is 0 Å². The summed E-state index contributed by atoms with van der Waals surface area (Å²) in [6, 6.07) is 21.4. The van der Waals surface area contributed by atoms with E-state index in [1.807, 2.05) is 25.1 Å². The summed E-state index contributed by atoms with van der Waals surface area (Å²) in [5.74, 6) is -0.102. The van der Waals surface area contributed by atoms with E-state index >= 15 is 0 Å². The lowest BCUT2D eigenvalue weighted by atomic mass is 9.85. The second kappa shape index (κ2) is 6.64. The molecule has 0 radical (unpaired) electrons. The van der Waals surface area contributed by atoms with Crippen LogP contribution in [-0.4, -0.2) is 16.0 Å². The van der Waals surface area contributed by atoms with E-state index in [1.54, 1.807) is 60.8 Å². The van der Waals surface area contributed by atoms with Crippen molar-refractivity contribution in [2.45, 2.75) is 12.5 Å². The molecule has 120 valence electrons. The summed E-state index contributed by atoms with van der Waals surface area (Å²) < 4.78 is 0. The van der Waals surface area contributed by atoms with Crippen LogP contribution >= 0.6 is 0 Å². The number of hydrogen-bond acceptors (Lipinski definition) is 3. The lowest BCUT2D eigenvalue weighted by Gasteiger charge is -2.28. The van der Waals surface area contributed by atoms with E-state index in [2.05, 4.69) is 10.3 Å². The summed E-state index contributed by atoms with van der Waals surface area (Å²) in [4.78, 5) is 17.2. The predicted octanol–water partition coefficient (Wildman–Crippen LogP) is 3.26. The fraction of sp³-hybridized carbons (Fsp3) is 0.100. The third kappa shape index (κ3) is 2.92. The van der Waals surface area contributed by atoms with E-state index in [4.69, 9.17) is 0 Å². The third-order valence-electron chi connectivity index (χ3n) is 3.95. The van der Waals surface area contributed by atoms with Gasteiger partial charge < -0.3 is 10.4 Å². The van der Waals surface area contributed by atoms with E-state index in [0.717, 1.165) is 5.56 Å². The van der Waals surface area contributed by atoms with E-state index in [1.165, 1.54) is 0 Å². The first-order valence-corrected chi connectivity index (χ1v) is 7.69. The number of rotatable bonds is 4. The van der Waals surface area contributed by atoms with Gasteiger partial charge in [-0.25, -0.2) is 4.98 Å². The molecular formula is C20H18N2O2. The maximum atomic E-state index is 13.0. The minimum atomic E-state index is -1.80. The summed E-state index contributed by atoms with van der Waals surface area (Å²) in [6.07, 6.45) is 1.60. The third-order valence-corrected chi connectivity index (χ3v) is 3.95. The number of carbonyl (C=O) groups is 1. The number of anilines is 1. The number of benzene rings is 2. The van der Waals surface area contributed by atoms with Crippen molar-refractivity contribution in [1.82, 2.24) is 4.98 Å². The van der Waals surface area contributed by atoms with Crippen molar-refractivity contribution in [2.75, 3.05) is 5.32 Å². The molecule has 24 heavy (non-hydrogen) atoms. The molecule has 3 aromatic rings. The average molecular weight is 318 g/mol. The highest BCUT2D eigenvalue weighted by Gasteiger charge is 2.40. The molecule has 0 aliphatic carbocycles. The number of aryl methyl sites for hydroxylation is 1. The molecule has 1 amide bonds. The standard InChI is InChI=1S/C20H18N2O2/c1-15-9-8-14-21-18(15)22-19(23)20(24,16-10-4-2-5-11-16)17-12-6-3-7-13-17/h2-14,24H,1H3,(H,21,22,23). The SMILES string of the molecule is Cc1cccnc1NC(=O)C(O)(c1ccccc1)c1ccccc1. The minimum Gasteiger partial charge on any atom is -0.372 e. The van der Waals surface area contributed by atoms with Crippen LogP contribution in [0.2, 0.25) is 0 Å². The molecule has 0 bridgehead atoms. The highest BCUT2D eigenvalue weighted by molar-refractivity contribution is 6.00. The topological polar surface area (TPSA) is 62.2 Å². The zero-order chi connectivity index (χ0) is 17.0. The second-order valence-electron chi connectivity index (χ2n) is 5.57. The molecule has 0 atom stereocenters. The summed E-state index contributed by atoms with van der Waals surface area (Å²) in [5.41, 5.74) is 0.0332. The van der Waals surface area contributed by atoms with Crippen molar-refractivity contribution in [3.63, 3.8) is 0 Å². The molecule has 0 spiro atoms. The molecular weight excluding hydrogens is 300 g/mol. The van der Waals surface area contributed by atoms with Crippen molar-refractivity contribution in [2.24, 2.45) is 0 Å². The molecule has 0 unspecified atom stereocenters. The van der Waals surface area contributed by atoms with Gasteiger partial charge in [-0.2, -0.15) is 0 Å². The number of hydrogen-bond donors (Lipinski definition) is 2. The molecule has 2 N–H and O–H groups in total. The van der Waals surface area contributed by atoms with Crippen LogP contribution < -0.4 is 5.32 Å². The van der Waals surface area contributed by atoms with Gasteiger partial charge in [0.25, 0.3) is 5.91 Å². The summed E-state index contributed by atoms with van der Waals surface area (Å²) in [5, 5.41) is 14.1. The fourth-order valence-electron chi connectivity index (χ4n) is 2.60. The highest BCUT2D eigenvalue weighted by Crippen LogP contribution is 2.31. The molecule has 0 fully saturated rings. The summed E-state index contributed by atoms with van der Waals surface area (Å²) in [6.45, 7) is 1.85. The van der Waals surface area contributed by atoms with Gasteiger partial charge in [0.2, 0.25) is 0 Å². The lowest BCUT2D eigenvalue weighted by Crippen LogP contribution is -2.41. The van der Waals surface area contributed by atoms with Crippen LogP contribution in [0.15, 0.2) is 79.0 Å². The average Bonchev–Trinajstić information content (AvgIpc) is 2.64. The van der Waals surface area contributed by atoms with E-state index in [-0.39, 0.29) is 0 Å². The van der Waals surface area contributed by atoms with E-state index in [0.29, 0.717) is 16.9 Å². The van der Waals surface area contributed by atoms with Gasteiger partial charge in [-0.15, -0.1) is 0 Å². The lowest BCUT2D eigenvalue weighted by molar-refractivity contribution is -0.131. The summed E-state index contributed by atoms with van der Waals surface area (Å²) in [7, 11) is 0. The van der Waals surface area contributed by atoms with Crippen LogP contribution in [0.1, 0.15) is 16.7 Å². The van der Waals surface area contributed by atoms with Gasteiger partial charge in [-0.3, -0.25) is 4.79 Å². The Bertz CT molecular complexity index is 793. The van der Waals surface area contributed by atoms with Crippen LogP contribution in [-0.2, 0) is 10.4 Å². The zero-order valence-corrected chi connectivity index (χ0v) is 13.3. The van der Waals surface area contributed by atoms with Crippen LogP contribution in [0.25, 0.3) is 0 Å². The van der Waals surface area contributed by atoms with E-state index < -0.39 is 11.5 Å². The summed E-state index contributed by atoms with van der Waals surface area (Å²) >= 11 is 0. The Morgan fingerprint density at radius 2 is 1.46 bits per heavy atom. The predicted molar refractivity (Wildman–Crippen MR) is 93.5 cm³/mol. The molecule has 0 aliphatic rings. The zero-order valence-electron chi connectivity index (χ0n) is 13.3. The normalized spacial score (nSPS) is 11.1. The number of nitrogens with one attached hydrogen (secondary N) is 1. The highest BCUT2D eigenvalue weighted by atomic mass is 16.3. The molecule has 4 nitrogen and oxygen atoms in total. The quantitative estimate of drug-likeness (QED) is 0.776. The Hall–Kier alpha value is -2.98. The second-order valence-corrected chi connectivity index (χ2v) is 5.57. The first-order chi connectivity index (χ1) is 11.6. The molecule has 1 aromatic heterocycles. The van der Waals surface area contributed by atoms with Crippen molar-refractivity contribution in [1.29, 1.82) is 0 Å². The van der Waals surface area contributed by atoms with Crippen molar-refractivity contribution >= 4 is 11.7 Å². The number of pyridine rings is 1. The first kappa shape index (κ1) is 15.9. The van der Waals surface area contributed by atoms with Gasteiger partial charge in [-0.1, -0.05) is 66.7 Å². The van der Waals surface area contributed by atoms with Gasteiger partial charge in [-0.05, 0) is 29.7 Å². The fourth-order valence-corrected chi connectivity index (χ4v) is 2.60. The minimum absolute atomic E-state index is 0.438. The Morgan fingerprint density at radius 1 is 0.917 bits per heavy atom. The van der Waals surface area contributed by atoms with Crippen molar-refractivity contribution in [3.05, 3.63) is 95.7 Å². The van der Waals surface area contributed by atoms with Gasteiger partial charge in [0.05, 0.1) is 0 Å². The maximum absolute atomic E-state index is 13.0. The Kier molecular flexibility index (Phi) is 4.40. The number of aliphatic hydroxyl groups is 1. The largest absolute Gasteiger partial charge is 0.372 e. The molecule has 3 rings (SSSR count). The van der Waals surface area contributed by atoms with Gasteiger partial charge in [0.15, 0.2) is 5.60 Å². The molecule has 0 aliphatic heterocycles. The Morgan fingerprint density at radius 3 is 1.96 bits per heavy atom. The molecule has 4 heteroatoms. The van der Waals surface area contributed by atoms with Crippen molar-refractivity contribution < 1.29 is 9.90 Å². The Balaban J connectivity index is 2.06. The number of aromatic nitrogens is 1. The van der Waals surface area contributed by atoms with Gasteiger partial charge in [0.1, 0.15) is 5.82 Å².